The highest BCUT2D eigenvalue weighted by atomic mass is 35.5. The molecular weight excluding hydrogens is 264 g/mol. The number of rotatable bonds is 3. The van der Waals surface area contributed by atoms with E-state index in [9.17, 15) is 10.1 Å². The van der Waals surface area contributed by atoms with Crippen molar-refractivity contribution >= 4 is 23.0 Å². The Morgan fingerprint density at radius 1 is 1.26 bits per heavy atom. The number of hydrogen-bond acceptors (Lipinski definition) is 3. The molecule has 0 amide bonds. The van der Waals surface area contributed by atoms with Gasteiger partial charge in [-0.05, 0) is 43.2 Å². The Labute approximate surface area is 118 Å². The van der Waals surface area contributed by atoms with Gasteiger partial charge in [0.2, 0.25) is 0 Å². The van der Waals surface area contributed by atoms with Gasteiger partial charge in [0, 0.05) is 17.8 Å². The maximum absolute atomic E-state index is 10.9. The lowest BCUT2D eigenvalue weighted by atomic mass is 9.80. The molecule has 0 radical (unpaired) electrons. The van der Waals surface area contributed by atoms with E-state index in [1.807, 2.05) is 0 Å². The van der Waals surface area contributed by atoms with Gasteiger partial charge in [-0.15, -0.1) is 0 Å². The monoisotopic (exact) mass is 282 g/mol. The third-order valence-electron chi connectivity index (χ3n) is 3.69. The van der Waals surface area contributed by atoms with Crippen LogP contribution in [0.15, 0.2) is 18.2 Å². The first kappa shape index (κ1) is 14.1. The summed E-state index contributed by atoms with van der Waals surface area (Å²) in [6, 6.07) is 5.29. The summed E-state index contributed by atoms with van der Waals surface area (Å²) >= 11 is 5.81. The van der Waals surface area contributed by atoms with Crippen LogP contribution < -0.4 is 5.32 Å². The van der Waals surface area contributed by atoms with Crippen LogP contribution in [0.2, 0.25) is 5.02 Å². The normalized spacial score (nSPS) is 27.0. The lowest BCUT2D eigenvalue weighted by Gasteiger charge is -2.32. The van der Waals surface area contributed by atoms with Crippen molar-refractivity contribution < 1.29 is 4.92 Å². The largest absolute Gasteiger partial charge is 0.382 e. The van der Waals surface area contributed by atoms with E-state index in [0.717, 1.165) is 18.5 Å². The third kappa shape index (κ3) is 3.60. The molecule has 2 atom stereocenters. The number of hydrogen-bond donors (Lipinski definition) is 1. The second-order valence-electron chi connectivity index (χ2n) is 5.68. The Kier molecular flexibility index (Phi) is 4.30. The molecule has 1 aliphatic rings. The van der Waals surface area contributed by atoms with E-state index in [-0.39, 0.29) is 10.7 Å². The number of nitro groups is 1. The summed E-state index contributed by atoms with van der Waals surface area (Å²) in [5.41, 5.74) is 0.742. The van der Waals surface area contributed by atoms with Gasteiger partial charge in [0.15, 0.2) is 0 Å². The summed E-state index contributed by atoms with van der Waals surface area (Å²) in [4.78, 5) is 10.4. The van der Waals surface area contributed by atoms with Gasteiger partial charge >= 0.3 is 0 Å². The van der Waals surface area contributed by atoms with Gasteiger partial charge in [-0.25, -0.2) is 0 Å². The van der Waals surface area contributed by atoms with E-state index in [1.54, 1.807) is 12.1 Å². The molecule has 0 aromatic heterocycles. The highest BCUT2D eigenvalue weighted by Gasteiger charge is 2.24. The fourth-order valence-corrected chi connectivity index (χ4v) is 3.23. The maximum Gasteiger partial charge on any atom is 0.289 e. The second-order valence-corrected chi connectivity index (χ2v) is 6.09. The minimum Gasteiger partial charge on any atom is -0.382 e. The Morgan fingerprint density at radius 2 is 1.89 bits per heavy atom. The van der Waals surface area contributed by atoms with Crippen LogP contribution in [0.1, 0.15) is 33.1 Å². The van der Waals surface area contributed by atoms with Crippen LogP contribution in [0, 0.1) is 22.0 Å². The van der Waals surface area contributed by atoms with E-state index in [0.29, 0.717) is 17.9 Å². The molecule has 1 aromatic carbocycles. The topological polar surface area (TPSA) is 55.2 Å². The molecule has 1 aliphatic carbocycles. The molecule has 1 fully saturated rings. The summed E-state index contributed by atoms with van der Waals surface area (Å²) in [5, 5.41) is 14.4. The summed E-state index contributed by atoms with van der Waals surface area (Å²) < 4.78 is 0. The van der Waals surface area contributed by atoms with Crippen LogP contribution in [0.4, 0.5) is 11.4 Å². The highest BCUT2D eigenvalue weighted by Crippen LogP contribution is 2.32. The predicted molar refractivity (Wildman–Crippen MR) is 77.7 cm³/mol. The van der Waals surface area contributed by atoms with Crippen molar-refractivity contribution in [1.29, 1.82) is 0 Å². The number of benzene rings is 1. The molecule has 1 N–H and O–H groups in total. The van der Waals surface area contributed by atoms with Gasteiger partial charge in [0.1, 0.15) is 5.02 Å². The molecule has 2 rings (SSSR count). The molecule has 0 saturated heterocycles. The van der Waals surface area contributed by atoms with E-state index in [4.69, 9.17) is 11.6 Å². The van der Waals surface area contributed by atoms with Crippen molar-refractivity contribution in [1.82, 2.24) is 0 Å². The van der Waals surface area contributed by atoms with Crippen LogP contribution in [-0.2, 0) is 0 Å². The fourth-order valence-electron chi connectivity index (χ4n) is 3.04. The van der Waals surface area contributed by atoms with Crippen LogP contribution in [0.5, 0.6) is 0 Å². The van der Waals surface area contributed by atoms with Crippen molar-refractivity contribution in [3.63, 3.8) is 0 Å². The minimum atomic E-state index is -0.445. The fraction of sp³-hybridized carbons (Fsp3) is 0.571. The molecule has 0 bridgehead atoms. The zero-order chi connectivity index (χ0) is 14.0. The van der Waals surface area contributed by atoms with Crippen LogP contribution in [-0.4, -0.2) is 11.0 Å². The van der Waals surface area contributed by atoms with Crippen molar-refractivity contribution in [2.24, 2.45) is 11.8 Å². The minimum absolute atomic E-state index is 0.0384. The highest BCUT2D eigenvalue weighted by molar-refractivity contribution is 6.32. The summed E-state index contributed by atoms with van der Waals surface area (Å²) in [5.74, 6) is 1.40. The number of halogens is 1. The number of nitrogens with one attached hydrogen (secondary N) is 1. The SMILES string of the molecule is CC1CC(C)CC(Nc2ccc(Cl)c([N+](=O)[O-])c2)C1. The van der Waals surface area contributed by atoms with Crippen LogP contribution in [0.3, 0.4) is 0 Å². The average Bonchev–Trinajstić information content (AvgIpc) is 2.30. The Balaban J connectivity index is 2.10. The maximum atomic E-state index is 10.9. The van der Waals surface area contributed by atoms with Crippen molar-refractivity contribution in [3.05, 3.63) is 33.3 Å². The summed E-state index contributed by atoms with van der Waals surface area (Å²) in [7, 11) is 0. The first-order valence-corrected chi connectivity index (χ1v) is 7.04. The van der Waals surface area contributed by atoms with Crippen LogP contribution >= 0.6 is 11.6 Å². The standard InChI is InChI=1S/C14H19ClN2O2/c1-9-5-10(2)7-12(6-9)16-11-3-4-13(15)14(8-11)17(18)19/h3-4,8-10,12,16H,5-7H2,1-2H3. The second kappa shape index (κ2) is 5.78. The first-order valence-electron chi connectivity index (χ1n) is 6.66. The van der Waals surface area contributed by atoms with Gasteiger partial charge in [-0.1, -0.05) is 25.4 Å². The first-order chi connectivity index (χ1) is 8.95. The zero-order valence-electron chi connectivity index (χ0n) is 11.2. The molecule has 0 spiro atoms. The van der Waals surface area contributed by atoms with Gasteiger partial charge in [0.05, 0.1) is 4.92 Å². The molecule has 4 nitrogen and oxygen atoms in total. The molecule has 0 aliphatic heterocycles. The molecule has 19 heavy (non-hydrogen) atoms. The van der Waals surface area contributed by atoms with Crippen molar-refractivity contribution in [3.8, 4) is 0 Å². The van der Waals surface area contributed by atoms with Gasteiger partial charge in [-0.3, -0.25) is 10.1 Å². The van der Waals surface area contributed by atoms with Gasteiger partial charge in [-0.2, -0.15) is 0 Å². The van der Waals surface area contributed by atoms with Crippen LogP contribution in [0.25, 0.3) is 0 Å². The van der Waals surface area contributed by atoms with Crippen molar-refractivity contribution in [2.75, 3.05) is 5.32 Å². The predicted octanol–water partition coefficient (Wildman–Crippen LogP) is 4.48. The summed E-state index contributed by atoms with van der Waals surface area (Å²) in [6.45, 7) is 4.52. The number of nitro benzene ring substituents is 1. The Bertz CT molecular complexity index is 469. The summed E-state index contributed by atoms with van der Waals surface area (Å²) in [6.07, 6.45) is 3.49. The number of anilines is 1. The lowest BCUT2D eigenvalue weighted by molar-refractivity contribution is -0.384. The molecule has 2 unspecified atom stereocenters. The van der Waals surface area contributed by atoms with E-state index in [2.05, 4.69) is 19.2 Å². The van der Waals surface area contributed by atoms with Gasteiger partial charge < -0.3 is 5.32 Å². The third-order valence-corrected chi connectivity index (χ3v) is 4.01. The van der Waals surface area contributed by atoms with E-state index < -0.39 is 4.92 Å². The Morgan fingerprint density at radius 3 is 2.47 bits per heavy atom. The number of nitrogens with zero attached hydrogens (tertiary/aromatic N) is 1. The molecule has 104 valence electrons. The quantitative estimate of drug-likeness (QED) is 0.657. The lowest BCUT2D eigenvalue weighted by Crippen LogP contribution is -2.30. The smallest absolute Gasteiger partial charge is 0.289 e. The van der Waals surface area contributed by atoms with Gasteiger partial charge in [0.25, 0.3) is 5.69 Å². The molecule has 0 heterocycles. The molecule has 1 aromatic rings. The molecular formula is C14H19ClN2O2. The van der Waals surface area contributed by atoms with E-state index >= 15 is 0 Å². The molecule has 1 saturated carbocycles. The Hall–Kier alpha value is -1.29. The average molecular weight is 283 g/mol. The van der Waals surface area contributed by atoms with Crippen molar-refractivity contribution in [2.45, 2.75) is 39.2 Å². The van der Waals surface area contributed by atoms with E-state index in [1.165, 1.54) is 12.5 Å². The molecule has 5 heteroatoms. The zero-order valence-corrected chi connectivity index (χ0v) is 12.0.